The van der Waals surface area contributed by atoms with E-state index in [-0.39, 0.29) is 11.2 Å². The van der Waals surface area contributed by atoms with Crippen molar-refractivity contribution < 1.29 is 9.53 Å². The quantitative estimate of drug-likeness (QED) is 0.809. The number of anilines is 1. The molecule has 1 fully saturated rings. The number of carbonyl (C=O) groups is 1. The number of rotatable bonds is 4. The predicted molar refractivity (Wildman–Crippen MR) is 87.4 cm³/mol. The van der Waals surface area contributed by atoms with Gasteiger partial charge in [0.05, 0.1) is 7.11 Å². The lowest BCUT2D eigenvalue weighted by atomic mass is 10.1. The number of hydrogen-bond donors (Lipinski definition) is 0. The zero-order chi connectivity index (χ0) is 14.7. The van der Waals surface area contributed by atoms with Gasteiger partial charge in [0.15, 0.2) is 5.78 Å². The average Bonchev–Trinajstić information content (AvgIpc) is 3.04. The van der Waals surface area contributed by atoms with Gasteiger partial charge in [-0.25, -0.2) is 0 Å². The van der Waals surface area contributed by atoms with Gasteiger partial charge in [-0.05, 0) is 24.3 Å². The molecule has 1 saturated heterocycles. The Hall–Kier alpha value is -1.94. The lowest BCUT2D eigenvalue weighted by molar-refractivity contribution is 0.0990. The maximum absolute atomic E-state index is 12.7. The van der Waals surface area contributed by atoms with Crippen LogP contribution in [0, 0.1) is 0 Å². The summed E-state index contributed by atoms with van der Waals surface area (Å²) in [5.74, 6) is 1.97. The number of carbonyl (C=O) groups excluding carboxylic acids is 1. The standard InChI is InChI=1S/C17H17NO2S/c1-20-15-9-7-14(8-10-15)18-11-12-21-17(18)16(19)13-5-3-2-4-6-13/h2-10,17H,11-12H2,1H3/t17-/m1/s1. The predicted octanol–water partition coefficient (Wildman–Crippen LogP) is 3.46. The summed E-state index contributed by atoms with van der Waals surface area (Å²) in [7, 11) is 1.66. The zero-order valence-electron chi connectivity index (χ0n) is 11.9. The van der Waals surface area contributed by atoms with Gasteiger partial charge in [-0.1, -0.05) is 30.3 Å². The maximum Gasteiger partial charge on any atom is 0.195 e. The van der Waals surface area contributed by atoms with Crippen LogP contribution in [0.1, 0.15) is 10.4 Å². The van der Waals surface area contributed by atoms with E-state index in [9.17, 15) is 4.79 Å². The number of ether oxygens (including phenoxy) is 1. The molecule has 1 aliphatic heterocycles. The molecule has 0 bridgehead atoms. The summed E-state index contributed by atoms with van der Waals surface area (Å²) in [5.41, 5.74) is 1.84. The molecule has 1 heterocycles. The van der Waals surface area contributed by atoms with E-state index in [1.807, 2.05) is 54.6 Å². The van der Waals surface area contributed by atoms with Crippen molar-refractivity contribution in [3.8, 4) is 5.75 Å². The van der Waals surface area contributed by atoms with Crippen LogP contribution in [0.5, 0.6) is 5.75 Å². The molecule has 0 spiro atoms. The van der Waals surface area contributed by atoms with Gasteiger partial charge in [0.1, 0.15) is 11.1 Å². The molecule has 1 aliphatic rings. The summed E-state index contributed by atoms with van der Waals surface area (Å²) in [4.78, 5) is 14.8. The van der Waals surface area contributed by atoms with Crippen LogP contribution in [0.15, 0.2) is 54.6 Å². The fourth-order valence-corrected chi connectivity index (χ4v) is 3.69. The Balaban J connectivity index is 1.83. The highest BCUT2D eigenvalue weighted by atomic mass is 32.2. The van der Waals surface area contributed by atoms with E-state index in [1.54, 1.807) is 18.9 Å². The number of Topliss-reactive ketones (excluding diaryl/α,β-unsaturated/α-hetero) is 1. The summed E-state index contributed by atoms with van der Waals surface area (Å²) in [5, 5.41) is -0.138. The van der Waals surface area contributed by atoms with Crippen LogP contribution in [0.4, 0.5) is 5.69 Å². The molecule has 2 aromatic carbocycles. The third kappa shape index (κ3) is 2.90. The zero-order valence-corrected chi connectivity index (χ0v) is 12.7. The van der Waals surface area contributed by atoms with Gasteiger partial charge >= 0.3 is 0 Å². The van der Waals surface area contributed by atoms with Crippen LogP contribution in [0.25, 0.3) is 0 Å². The minimum Gasteiger partial charge on any atom is -0.497 e. The van der Waals surface area contributed by atoms with Crippen LogP contribution in [-0.4, -0.2) is 30.6 Å². The first kappa shape index (κ1) is 14.0. The number of benzene rings is 2. The van der Waals surface area contributed by atoms with Gasteiger partial charge in [-0.3, -0.25) is 4.79 Å². The van der Waals surface area contributed by atoms with Crippen LogP contribution in [0.2, 0.25) is 0 Å². The smallest absolute Gasteiger partial charge is 0.195 e. The second-order valence-corrected chi connectivity index (χ2v) is 6.03. The molecule has 0 radical (unpaired) electrons. The molecule has 0 saturated carbocycles. The highest BCUT2D eigenvalue weighted by Gasteiger charge is 2.32. The van der Waals surface area contributed by atoms with E-state index in [1.165, 1.54) is 0 Å². The van der Waals surface area contributed by atoms with Crippen molar-refractivity contribution in [1.82, 2.24) is 0 Å². The van der Waals surface area contributed by atoms with E-state index in [0.717, 1.165) is 29.3 Å². The van der Waals surface area contributed by atoms with Crippen molar-refractivity contribution in [2.45, 2.75) is 5.37 Å². The second kappa shape index (κ2) is 6.22. The van der Waals surface area contributed by atoms with Crippen molar-refractivity contribution in [3.05, 3.63) is 60.2 Å². The molecule has 2 aromatic rings. The summed E-state index contributed by atoms with van der Waals surface area (Å²) < 4.78 is 5.18. The van der Waals surface area contributed by atoms with Crippen LogP contribution in [0.3, 0.4) is 0 Å². The molecule has 0 N–H and O–H groups in total. The lowest BCUT2D eigenvalue weighted by Crippen LogP contribution is -2.34. The van der Waals surface area contributed by atoms with E-state index < -0.39 is 0 Å². The largest absolute Gasteiger partial charge is 0.497 e. The molecule has 0 amide bonds. The highest BCUT2D eigenvalue weighted by molar-refractivity contribution is 8.01. The van der Waals surface area contributed by atoms with Crippen molar-refractivity contribution >= 4 is 23.2 Å². The molecule has 21 heavy (non-hydrogen) atoms. The first-order chi connectivity index (χ1) is 10.3. The highest BCUT2D eigenvalue weighted by Crippen LogP contribution is 2.32. The fourth-order valence-electron chi connectivity index (χ4n) is 2.47. The first-order valence-corrected chi connectivity index (χ1v) is 7.96. The molecule has 1 atom stereocenters. The summed E-state index contributed by atoms with van der Waals surface area (Å²) >= 11 is 1.70. The summed E-state index contributed by atoms with van der Waals surface area (Å²) in [6.45, 7) is 0.889. The monoisotopic (exact) mass is 299 g/mol. The Morgan fingerprint density at radius 2 is 1.86 bits per heavy atom. The van der Waals surface area contributed by atoms with E-state index in [2.05, 4.69) is 4.90 Å². The third-order valence-electron chi connectivity index (χ3n) is 3.58. The van der Waals surface area contributed by atoms with Crippen LogP contribution < -0.4 is 9.64 Å². The van der Waals surface area contributed by atoms with Crippen molar-refractivity contribution in [1.29, 1.82) is 0 Å². The minimum atomic E-state index is -0.138. The minimum absolute atomic E-state index is 0.138. The fraction of sp³-hybridized carbons (Fsp3) is 0.235. The van der Waals surface area contributed by atoms with Crippen molar-refractivity contribution in [3.63, 3.8) is 0 Å². The SMILES string of the molecule is COc1ccc(N2CCS[C@@H]2C(=O)c2ccccc2)cc1. The maximum atomic E-state index is 12.7. The number of hydrogen-bond acceptors (Lipinski definition) is 4. The van der Waals surface area contributed by atoms with Crippen LogP contribution in [-0.2, 0) is 0 Å². The van der Waals surface area contributed by atoms with E-state index >= 15 is 0 Å². The summed E-state index contributed by atoms with van der Waals surface area (Å²) in [6, 6.07) is 17.4. The van der Waals surface area contributed by atoms with Gasteiger partial charge in [0.2, 0.25) is 0 Å². The number of nitrogens with zero attached hydrogens (tertiary/aromatic N) is 1. The third-order valence-corrected chi connectivity index (χ3v) is 4.78. The second-order valence-electron chi connectivity index (χ2n) is 4.84. The van der Waals surface area contributed by atoms with Gasteiger partial charge in [-0.15, -0.1) is 11.8 Å². The summed E-state index contributed by atoms with van der Waals surface area (Å²) in [6.07, 6.45) is 0. The Kier molecular flexibility index (Phi) is 4.15. The Morgan fingerprint density at radius 1 is 1.14 bits per heavy atom. The average molecular weight is 299 g/mol. The van der Waals surface area contributed by atoms with Gasteiger partial charge in [-0.2, -0.15) is 0 Å². The molecule has 3 nitrogen and oxygen atoms in total. The molecule has 108 valence electrons. The molecule has 0 aliphatic carbocycles. The topological polar surface area (TPSA) is 29.5 Å². The number of ketones is 1. The molecule has 0 unspecified atom stereocenters. The molecule has 3 rings (SSSR count). The lowest BCUT2D eigenvalue weighted by Gasteiger charge is -2.25. The normalized spacial score (nSPS) is 17.8. The van der Waals surface area contributed by atoms with Gasteiger partial charge in [0, 0.05) is 23.5 Å². The van der Waals surface area contributed by atoms with Gasteiger partial charge < -0.3 is 9.64 Å². The van der Waals surface area contributed by atoms with Crippen molar-refractivity contribution in [2.75, 3.05) is 24.3 Å². The Morgan fingerprint density at radius 3 is 2.52 bits per heavy atom. The molecular formula is C17H17NO2S. The van der Waals surface area contributed by atoms with Crippen LogP contribution >= 0.6 is 11.8 Å². The molecule has 4 heteroatoms. The van der Waals surface area contributed by atoms with Gasteiger partial charge in [0.25, 0.3) is 0 Å². The van der Waals surface area contributed by atoms with Crippen molar-refractivity contribution in [2.24, 2.45) is 0 Å². The first-order valence-electron chi connectivity index (χ1n) is 6.91. The Bertz CT molecular complexity index is 612. The number of methoxy groups -OCH3 is 1. The van der Waals surface area contributed by atoms with E-state index in [0.29, 0.717) is 0 Å². The molecular weight excluding hydrogens is 282 g/mol. The number of thioether (sulfide) groups is 1. The van der Waals surface area contributed by atoms with E-state index in [4.69, 9.17) is 4.74 Å². The Labute approximate surface area is 128 Å². The molecule has 0 aromatic heterocycles.